The Hall–Kier alpha value is -0.300. The molecule has 0 fully saturated rings. The summed E-state index contributed by atoms with van der Waals surface area (Å²) < 4.78 is 1.23. The van der Waals surface area contributed by atoms with E-state index >= 15 is 0 Å². The summed E-state index contributed by atoms with van der Waals surface area (Å²) in [7, 11) is 0. The highest BCUT2D eigenvalue weighted by Gasteiger charge is 2.40. The van der Waals surface area contributed by atoms with Crippen molar-refractivity contribution in [2.45, 2.75) is 59.9 Å². The molecular formula is C14H30N+. The topological polar surface area (TPSA) is 0 Å². The molecule has 1 heteroatoms. The van der Waals surface area contributed by atoms with E-state index in [1.807, 2.05) is 0 Å². The first kappa shape index (κ1) is 14.7. The highest BCUT2D eigenvalue weighted by Crippen LogP contribution is 2.30. The smallest absolute Gasteiger partial charge is 0.115 e. The van der Waals surface area contributed by atoms with Gasteiger partial charge in [0.2, 0.25) is 0 Å². The van der Waals surface area contributed by atoms with Crippen LogP contribution in [0.4, 0.5) is 0 Å². The van der Waals surface area contributed by atoms with E-state index in [1.165, 1.54) is 37.0 Å². The Kier molecular flexibility index (Phi) is 6.19. The summed E-state index contributed by atoms with van der Waals surface area (Å²) in [5.41, 5.74) is 0.314. The van der Waals surface area contributed by atoms with E-state index in [-0.39, 0.29) is 0 Å². The quantitative estimate of drug-likeness (QED) is 0.442. The largest absolute Gasteiger partial charge is 0.316 e. The molecule has 0 aromatic rings. The molecule has 15 heavy (non-hydrogen) atoms. The van der Waals surface area contributed by atoms with Gasteiger partial charge in [-0.1, -0.05) is 19.9 Å². The van der Waals surface area contributed by atoms with Gasteiger partial charge in [-0.3, -0.25) is 0 Å². The fourth-order valence-electron chi connectivity index (χ4n) is 2.92. The van der Waals surface area contributed by atoms with Gasteiger partial charge in [0, 0.05) is 6.42 Å². The van der Waals surface area contributed by atoms with E-state index in [4.69, 9.17) is 0 Å². The second-order valence-corrected chi connectivity index (χ2v) is 4.71. The fourth-order valence-corrected chi connectivity index (χ4v) is 2.92. The zero-order valence-electron chi connectivity index (χ0n) is 11.6. The molecule has 0 aromatic heterocycles. The monoisotopic (exact) mass is 212 g/mol. The molecule has 1 unspecified atom stereocenters. The van der Waals surface area contributed by atoms with Crippen LogP contribution in [0.1, 0.15) is 54.4 Å². The van der Waals surface area contributed by atoms with Crippen molar-refractivity contribution >= 4 is 0 Å². The Morgan fingerprint density at radius 3 is 1.87 bits per heavy atom. The van der Waals surface area contributed by atoms with E-state index in [9.17, 15) is 0 Å². The standard InChI is InChI=1S/C14H30N/c1-7-12-14(6,9-3)15(10-4,11-5)13-8-2/h7,12H,8-11,13H2,1-6H3/q+1. The number of rotatable bonds is 7. The molecule has 0 aliphatic carbocycles. The van der Waals surface area contributed by atoms with E-state index in [1.54, 1.807) is 0 Å². The highest BCUT2D eigenvalue weighted by molar-refractivity contribution is 4.98. The van der Waals surface area contributed by atoms with Crippen LogP contribution < -0.4 is 0 Å². The first-order valence-corrected chi connectivity index (χ1v) is 6.55. The van der Waals surface area contributed by atoms with Crippen molar-refractivity contribution in [1.29, 1.82) is 0 Å². The molecule has 0 aliphatic rings. The lowest BCUT2D eigenvalue weighted by Gasteiger charge is -2.50. The summed E-state index contributed by atoms with van der Waals surface area (Å²) in [4.78, 5) is 0. The minimum Gasteiger partial charge on any atom is -0.316 e. The maximum atomic E-state index is 2.41. The lowest BCUT2D eigenvalue weighted by atomic mass is 9.91. The molecule has 0 saturated carbocycles. The molecule has 0 rings (SSSR count). The number of likely N-dealkylation sites (N-methyl/N-ethyl adjacent to an activating group) is 1. The number of quaternary nitrogens is 1. The highest BCUT2D eigenvalue weighted by atomic mass is 15.4. The van der Waals surface area contributed by atoms with Crippen LogP contribution in [-0.4, -0.2) is 29.7 Å². The van der Waals surface area contributed by atoms with Crippen LogP contribution in [0.3, 0.4) is 0 Å². The fraction of sp³-hybridized carbons (Fsp3) is 0.857. The second kappa shape index (κ2) is 6.32. The Morgan fingerprint density at radius 1 is 1.07 bits per heavy atom. The molecule has 0 heterocycles. The van der Waals surface area contributed by atoms with E-state index in [2.05, 4.69) is 53.7 Å². The normalized spacial score (nSPS) is 16.9. The Balaban J connectivity index is 5.15. The molecule has 0 spiro atoms. The van der Waals surface area contributed by atoms with Gasteiger partial charge in [0.1, 0.15) is 5.54 Å². The molecule has 0 bridgehead atoms. The minimum atomic E-state index is 0.314. The summed E-state index contributed by atoms with van der Waals surface area (Å²) in [5.74, 6) is 0. The average Bonchev–Trinajstić information content (AvgIpc) is 2.26. The zero-order valence-corrected chi connectivity index (χ0v) is 11.6. The van der Waals surface area contributed by atoms with E-state index in [0.717, 1.165) is 0 Å². The minimum absolute atomic E-state index is 0.314. The third-order valence-electron chi connectivity index (χ3n) is 4.19. The molecule has 0 amide bonds. The van der Waals surface area contributed by atoms with Crippen LogP contribution in [0.15, 0.2) is 12.2 Å². The number of nitrogens with zero attached hydrogens (tertiary/aromatic N) is 1. The third-order valence-corrected chi connectivity index (χ3v) is 4.19. The van der Waals surface area contributed by atoms with Crippen LogP contribution in [-0.2, 0) is 0 Å². The van der Waals surface area contributed by atoms with Gasteiger partial charge in [0.25, 0.3) is 0 Å². The summed E-state index contributed by atoms with van der Waals surface area (Å²) >= 11 is 0. The van der Waals surface area contributed by atoms with Crippen molar-refractivity contribution in [2.75, 3.05) is 19.6 Å². The van der Waals surface area contributed by atoms with Gasteiger partial charge in [-0.15, -0.1) is 0 Å². The van der Waals surface area contributed by atoms with Crippen LogP contribution >= 0.6 is 0 Å². The van der Waals surface area contributed by atoms with Crippen LogP contribution in [0.2, 0.25) is 0 Å². The Labute approximate surface area is 96.8 Å². The molecule has 0 aromatic carbocycles. The lowest BCUT2D eigenvalue weighted by Crippen LogP contribution is -2.62. The molecule has 0 aliphatic heterocycles. The molecule has 0 N–H and O–H groups in total. The molecule has 0 radical (unpaired) electrons. The van der Waals surface area contributed by atoms with Crippen molar-refractivity contribution in [1.82, 2.24) is 0 Å². The molecule has 1 atom stereocenters. The predicted molar refractivity (Wildman–Crippen MR) is 70.0 cm³/mol. The van der Waals surface area contributed by atoms with Gasteiger partial charge in [-0.25, -0.2) is 0 Å². The van der Waals surface area contributed by atoms with Crippen molar-refractivity contribution in [2.24, 2.45) is 0 Å². The van der Waals surface area contributed by atoms with Crippen molar-refractivity contribution in [3.63, 3.8) is 0 Å². The SMILES string of the molecule is CC=CC(C)(CC)[N+](CC)(CC)CCC. The predicted octanol–water partition coefficient (Wildman–Crippen LogP) is 4.00. The zero-order chi connectivity index (χ0) is 11.9. The number of allylic oxidation sites excluding steroid dienone is 1. The summed E-state index contributed by atoms with van der Waals surface area (Å²) in [5, 5.41) is 0. The Morgan fingerprint density at radius 2 is 1.60 bits per heavy atom. The van der Waals surface area contributed by atoms with E-state index in [0.29, 0.717) is 5.54 Å². The molecule has 90 valence electrons. The summed E-state index contributed by atoms with van der Waals surface area (Å²) in [6.07, 6.45) is 7.13. The van der Waals surface area contributed by atoms with Crippen molar-refractivity contribution < 1.29 is 4.48 Å². The summed E-state index contributed by atoms with van der Waals surface area (Å²) in [6, 6.07) is 0. The number of hydrogen-bond donors (Lipinski definition) is 0. The lowest BCUT2D eigenvalue weighted by molar-refractivity contribution is -0.965. The van der Waals surface area contributed by atoms with Crippen LogP contribution in [0, 0.1) is 0 Å². The van der Waals surface area contributed by atoms with Crippen LogP contribution in [0.25, 0.3) is 0 Å². The van der Waals surface area contributed by atoms with Gasteiger partial charge < -0.3 is 4.48 Å². The van der Waals surface area contributed by atoms with Gasteiger partial charge >= 0.3 is 0 Å². The van der Waals surface area contributed by atoms with E-state index < -0.39 is 0 Å². The van der Waals surface area contributed by atoms with Gasteiger partial charge in [-0.05, 0) is 40.2 Å². The maximum absolute atomic E-state index is 2.41. The average molecular weight is 212 g/mol. The maximum Gasteiger partial charge on any atom is 0.115 e. The molecule has 1 nitrogen and oxygen atoms in total. The number of hydrogen-bond acceptors (Lipinski definition) is 0. The van der Waals surface area contributed by atoms with Gasteiger partial charge in [0.15, 0.2) is 0 Å². The van der Waals surface area contributed by atoms with Gasteiger partial charge in [0.05, 0.1) is 19.6 Å². The van der Waals surface area contributed by atoms with Gasteiger partial charge in [-0.2, -0.15) is 0 Å². The third kappa shape index (κ3) is 2.84. The van der Waals surface area contributed by atoms with Crippen molar-refractivity contribution in [3.8, 4) is 0 Å². The first-order chi connectivity index (χ1) is 7.05. The van der Waals surface area contributed by atoms with Crippen LogP contribution in [0.5, 0.6) is 0 Å². The second-order valence-electron chi connectivity index (χ2n) is 4.71. The first-order valence-electron chi connectivity index (χ1n) is 6.55. The van der Waals surface area contributed by atoms with Crippen molar-refractivity contribution in [3.05, 3.63) is 12.2 Å². The molecular weight excluding hydrogens is 182 g/mol. The Bertz CT molecular complexity index is 192. The molecule has 0 saturated heterocycles. The summed E-state index contributed by atoms with van der Waals surface area (Å²) in [6.45, 7) is 17.6.